The van der Waals surface area contributed by atoms with Crippen LogP contribution in [-0.2, 0) is 10.4 Å². The first-order valence-corrected chi connectivity index (χ1v) is 6.28. The molecule has 0 saturated heterocycles. The Labute approximate surface area is 148 Å². The Morgan fingerprint density at radius 1 is 1.18 bits per heavy atom. The summed E-state index contributed by atoms with van der Waals surface area (Å²) < 4.78 is 26.5. The van der Waals surface area contributed by atoms with Crippen molar-refractivity contribution in [3.05, 3.63) is 59.7 Å². The molecule has 0 fully saturated rings. The van der Waals surface area contributed by atoms with Crippen molar-refractivity contribution in [2.75, 3.05) is 0 Å². The van der Waals surface area contributed by atoms with E-state index in [4.69, 9.17) is 0 Å². The summed E-state index contributed by atoms with van der Waals surface area (Å²) in [5.41, 5.74) is -0.473. The zero-order chi connectivity index (χ0) is 15.6. The number of carbonyl (C=O) groups is 1. The standard InChI is InChI=1S/C16H14F2O3.Na/c1-16(21,9-15(19)20)11-4-2-10(3-5-11)13-7-6-12(17)8-14(13)18;/h2-8,21H,9H2,1H3,(H,19,20);/q;+1/p-1. The summed E-state index contributed by atoms with van der Waals surface area (Å²) in [5, 5.41) is 20.7. The number of halogens is 2. The number of benzene rings is 2. The molecule has 3 nitrogen and oxygen atoms in total. The van der Waals surface area contributed by atoms with Crippen LogP contribution < -0.4 is 34.7 Å². The van der Waals surface area contributed by atoms with Crippen LogP contribution >= 0.6 is 0 Å². The summed E-state index contributed by atoms with van der Waals surface area (Å²) in [6.07, 6.45) is -0.544. The van der Waals surface area contributed by atoms with Gasteiger partial charge in [0.05, 0.1) is 5.60 Å². The van der Waals surface area contributed by atoms with Gasteiger partial charge in [-0.15, -0.1) is 0 Å². The zero-order valence-electron chi connectivity index (χ0n) is 12.3. The molecule has 110 valence electrons. The van der Waals surface area contributed by atoms with Crippen molar-refractivity contribution in [1.82, 2.24) is 0 Å². The van der Waals surface area contributed by atoms with Gasteiger partial charge in [0, 0.05) is 24.0 Å². The molecule has 0 aromatic heterocycles. The molecule has 0 aliphatic rings. The number of carboxylic acid groups (broad SMARTS) is 1. The number of aliphatic hydroxyl groups is 1. The Morgan fingerprint density at radius 2 is 1.77 bits per heavy atom. The van der Waals surface area contributed by atoms with Crippen molar-refractivity contribution in [2.24, 2.45) is 0 Å². The van der Waals surface area contributed by atoms with E-state index in [1.54, 1.807) is 0 Å². The van der Waals surface area contributed by atoms with Gasteiger partial charge in [0.25, 0.3) is 0 Å². The Bertz CT molecular complexity index is 670. The molecule has 1 unspecified atom stereocenters. The van der Waals surface area contributed by atoms with Crippen LogP contribution in [0.4, 0.5) is 8.78 Å². The molecule has 0 spiro atoms. The molecule has 2 aromatic carbocycles. The fourth-order valence-electron chi connectivity index (χ4n) is 2.12. The van der Waals surface area contributed by atoms with E-state index in [2.05, 4.69) is 0 Å². The van der Waals surface area contributed by atoms with Crippen LogP contribution in [0.25, 0.3) is 11.1 Å². The van der Waals surface area contributed by atoms with Gasteiger partial charge < -0.3 is 15.0 Å². The van der Waals surface area contributed by atoms with Crippen molar-refractivity contribution in [1.29, 1.82) is 0 Å². The van der Waals surface area contributed by atoms with Crippen LogP contribution in [0.1, 0.15) is 18.9 Å². The normalized spacial score (nSPS) is 13.1. The van der Waals surface area contributed by atoms with E-state index < -0.39 is 29.6 Å². The van der Waals surface area contributed by atoms with Crippen molar-refractivity contribution in [3.63, 3.8) is 0 Å². The number of hydrogen-bond donors (Lipinski definition) is 1. The van der Waals surface area contributed by atoms with Crippen LogP contribution in [-0.4, -0.2) is 11.1 Å². The summed E-state index contributed by atoms with van der Waals surface area (Å²) in [4.78, 5) is 10.6. The summed E-state index contributed by atoms with van der Waals surface area (Å²) >= 11 is 0. The minimum absolute atomic E-state index is 0. The first-order chi connectivity index (χ1) is 9.79. The number of rotatable bonds is 4. The molecule has 0 saturated carbocycles. The summed E-state index contributed by atoms with van der Waals surface area (Å²) in [6.45, 7) is 1.36. The van der Waals surface area contributed by atoms with Crippen molar-refractivity contribution in [2.45, 2.75) is 18.9 Å². The van der Waals surface area contributed by atoms with E-state index in [0.29, 0.717) is 11.1 Å². The predicted molar refractivity (Wildman–Crippen MR) is 71.0 cm³/mol. The monoisotopic (exact) mass is 314 g/mol. The third-order valence-electron chi connectivity index (χ3n) is 3.24. The van der Waals surface area contributed by atoms with Gasteiger partial charge in [0.1, 0.15) is 11.6 Å². The molecule has 2 rings (SSSR count). The summed E-state index contributed by atoms with van der Waals surface area (Å²) in [5.74, 6) is -2.72. The number of aliphatic carboxylic acids is 1. The summed E-state index contributed by atoms with van der Waals surface area (Å²) in [6, 6.07) is 9.33. The largest absolute Gasteiger partial charge is 1.00 e. The molecule has 0 heterocycles. The topological polar surface area (TPSA) is 60.4 Å². The molecule has 1 N–H and O–H groups in total. The van der Waals surface area contributed by atoms with Gasteiger partial charge in [-0.3, -0.25) is 0 Å². The first-order valence-electron chi connectivity index (χ1n) is 6.28. The van der Waals surface area contributed by atoms with E-state index in [-0.39, 0.29) is 35.1 Å². The van der Waals surface area contributed by atoms with Gasteiger partial charge in [-0.05, 0) is 30.2 Å². The van der Waals surface area contributed by atoms with Gasteiger partial charge >= 0.3 is 29.6 Å². The van der Waals surface area contributed by atoms with Crippen molar-refractivity contribution < 1.29 is 53.3 Å². The molecular formula is C16H13F2NaO3. The van der Waals surface area contributed by atoms with Gasteiger partial charge in [-0.2, -0.15) is 0 Å². The number of hydrogen-bond acceptors (Lipinski definition) is 3. The van der Waals surface area contributed by atoms with Gasteiger partial charge in [0.15, 0.2) is 0 Å². The summed E-state index contributed by atoms with van der Waals surface area (Å²) in [7, 11) is 0. The second-order valence-corrected chi connectivity index (χ2v) is 5.02. The van der Waals surface area contributed by atoms with Crippen LogP contribution in [0.5, 0.6) is 0 Å². The molecule has 0 radical (unpaired) electrons. The molecule has 0 amide bonds. The van der Waals surface area contributed by atoms with E-state index in [0.717, 1.165) is 12.1 Å². The molecule has 6 heteroatoms. The fourth-order valence-corrected chi connectivity index (χ4v) is 2.12. The van der Waals surface area contributed by atoms with E-state index in [9.17, 15) is 23.8 Å². The molecule has 0 aliphatic heterocycles. The maximum atomic E-state index is 13.7. The molecule has 0 bridgehead atoms. The zero-order valence-corrected chi connectivity index (χ0v) is 14.3. The minimum Gasteiger partial charge on any atom is -0.550 e. The maximum Gasteiger partial charge on any atom is 1.00 e. The van der Waals surface area contributed by atoms with Gasteiger partial charge in [-0.25, -0.2) is 8.78 Å². The third-order valence-corrected chi connectivity index (χ3v) is 3.24. The minimum atomic E-state index is -1.57. The van der Waals surface area contributed by atoms with Crippen molar-refractivity contribution >= 4 is 5.97 Å². The van der Waals surface area contributed by atoms with E-state index in [1.807, 2.05) is 0 Å². The number of carbonyl (C=O) groups excluding carboxylic acids is 1. The SMILES string of the molecule is CC(O)(CC(=O)[O-])c1ccc(-c2ccc(F)cc2F)cc1.[Na+]. The molecule has 22 heavy (non-hydrogen) atoms. The predicted octanol–water partition coefficient (Wildman–Crippen LogP) is -1.02. The third kappa shape index (κ3) is 4.36. The molecule has 0 aliphatic carbocycles. The Kier molecular flexibility index (Phi) is 6.26. The van der Waals surface area contributed by atoms with Crippen LogP contribution in [0.3, 0.4) is 0 Å². The smallest absolute Gasteiger partial charge is 0.550 e. The first kappa shape index (κ1) is 18.8. The second kappa shape index (κ2) is 7.33. The molecular weight excluding hydrogens is 301 g/mol. The van der Waals surface area contributed by atoms with Crippen LogP contribution in [0, 0.1) is 11.6 Å². The van der Waals surface area contributed by atoms with Crippen molar-refractivity contribution in [3.8, 4) is 11.1 Å². The van der Waals surface area contributed by atoms with Gasteiger partial charge in [0.2, 0.25) is 0 Å². The van der Waals surface area contributed by atoms with E-state index in [1.165, 1.54) is 37.3 Å². The fraction of sp³-hybridized carbons (Fsp3) is 0.188. The quantitative estimate of drug-likeness (QED) is 0.735. The van der Waals surface area contributed by atoms with Gasteiger partial charge in [-0.1, -0.05) is 24.3 Å². The Hall–Kier alpha value is -1.27. The molecule has 2 aromatic rings. The average Bonchev–Trinajstić information content (AvgIpc) is 2.37. The number of carboxylic acids is 1. The van der Waals surface area contributed by atoms with Crippen LogP contribution in [0.15, 0.2) is 42.5 Å². The molecule has 1 atom stereocenters. The van der Waals surface area contributed by atoms with Crippen LogP contribution in [0.2, 0.25) is 0 Å². The second-order valence-electron chi connectivity index (χ2n) is 5.02. The Morgan fingerprint density at radius 3 is 2.27 bits per heavy atom. The van der Waals surface area contributed by atoms with E-state index >= 15 is 0 Å². The Balaban J connectivity index is 0.00000242. The average molecular weight is 314 g/mol. The maximum absolute atomic E-state index is 13.7.